The summed E-state index contributed by atoms with van der Waals surface area (Å²) in [6.45, 7) is 3.07. The number of carbonyl (C=O) groups excluding carboxylic acids is 2. The normalized spacial score (nSPS) is 20.3. The van der Waals surface area contributed by atoms with Crippen molar-refractivity contribution in [3.05, 3.63) is 29.3 Å². The molecule has 1 unspecified atom stereocenters. The van der Waals surface area contributed by atoms with Crippen LogP contribution in [0.2, 0.25) is 5.02 Å². The van der Waals surface area contributed by atoms with Gasteiger partial charge in [-0.25, -0.2) is 0 Å². The van der Waals surface area contributed by atoms with E-state index in [1.54, 1.807) is 29.2 Å². The molecule has 2 aliphatic heterocycles. The van der Waals surface area contributed by atoms with Crippen molar-refractivity contribution in [2.45, 2.75) is 31.8 Å². The Morgan fingerprint density at radius 1 is 1.08 bits per heavy atom. The van der Waals surface area contributed by atoms with Crippen molar-refractivity contribution in [2.24, 2.45) is 0 Å². The van der Waals surface area contributed by atoms with Crippen molar-refractivity contribution >= 4 is 23.4 Å². The Balaban J connectivity index is 1.36. The molecule has 1 aromatic carbocycles. The highest BCUT2D eigenvalue weighted by Gasteiger charge is 2.25. The standard InChI is InChI=1S/C19H25ClN2O4/c20-15-3-5-17(6-4-15)26-14-19(24)22-11-9-21(10-12-22)18(23)8-7-16-2-1-13-25-16/h3-6,16H,1-2,7-14H2. The third-order valence-corrected chi connectivity index (χ3v) is 5.12. The Bertz CT molecular complexity index is 608. The molecule has 0 spiro atoms. The van der Waals surface area contributed by atoms with Gasteiger partial charge < -0.3 is 19.3 Å². The molecular formula is C19H25ClN2O4. The van der Waals surface area contributed by atoms with Crippen LogP contribution >= 0.6 is 11.6 Å². The molecule has 142 valence electrons. The second-order valence-electron chi connectivity index (χ2n) is 6.68. The maximum absolute atomic E-state index is 12.3. The molecule has 1 aromatic rings. The van der Waals surface area contributed by atoms with Crippen LogP contribution in [0.4, 0.5) is 0 Å². The van der Waals surface area contributed by atoms with Crippen LogP contribution < -0.4 is 4.74 Å². The molecule has 2 aliphatic rings. The van der Waals surface area contributed by atoms with Gasteiger partial charge in [0.1, 0.15) is 5.75 Å². The summed E-state index contributed by atoms with van der Waals surface area (Å²) in [6, 6.07) is 6.92. The predicted molar refractivity (Wildman–Crippen MR) is 98.3 cm³/mol. The van der Waals surface area contributed by atoms with E-state index in [2.05, 4.69) is 0 Å². The zero-order valence-electron chi connectivity index (χ0n) is 14.9. The average Bonchev–Trinajstić information content (AvgIpc) is 3.19. The summed E-state index contributed by atoms with van der Waals surface area (Å²) in [7, 11) is 0. The fourth-order valence-corrected chi connectivity index (χ4v) is 3.41. The quantitative estimate of drug-likeness (QED) is 0.760. The number of carbonyl (C=O) groups is 2. The second kappa shape index (κ2) is 9.24. The van der Waals surface area contributed by atoms with Gasteiger partial charge in [-0.15, -0.1) is 0 Å². The van der Waals surface area contributed by atoms with E-state index >= 15 is 0 Å². The monoisotopic (exact) mass is 380 g/mol. The Kier molecular flexibility index (Phi) is 6.74. The Morgan fingerprint density at radius 3 is 2.35 bits per heavy atom. The molecule has 0 radical (unpaired) electrons. The van der Waals surface area contributed by atoms with Crippen LogP contribution in [-0.4, -0.2) is 67.1 Å². The van der Waals surface area contributed by atoms with E-state index in [0.717, 1.165) is 25.9 Å². The van der Waals surface area contributed by atoms with Crippen LogP contribution in [0.1, 0.15) is 25.7 Å². The molecule has 2 fully saturated rings. The van der Waals surface area contributed by atoms with Crippen molar-refractivity contribution < 1.29 is 19.1 Å². The Hall–Kier alpha value is -1.79. The number of rotatable bonds is 6. The number of nitrogens with zero attached hydrogens (tertiary/aromatic N) is 2. The lowest BCUT2D eigenvalue weighted by molar-refractivity contribution is -0.141. The van der Waals surface area contributed by atoms with E-state index in [4.69, 9.17) is 21.1 Å². The second-order valence-corrected chi connectivity index (χ2v) is 7.11. The largest absolute Gasteiger partial charge is 0.484 e. The first kappa shape index (κ1) is 19.0. The molecule has 2 amide bonds. The van der Waals surface area contributed by atoms with Crippen molar-refractivity contribution in [1.82, 2.24) is 9.80 Å². The molecule has 0 saturated carbocycles. The smallest absolute Gasteiger partial charge is 0.260 e. The molecule has 3 rings (SSSR count). The van der Waals surface area contributed by atoms with Crippen LogP contribution in [0.3, 0.4) is 0 Å². The van der Waals surface area contributed by atoms with Gasteiger partial charge >= 0.3 is 0 Å². The van der Waals surface area contributed by atoms with Gasteiger partial charge in [-0.05, 0) is 43.5 Å². The van der Waals surface area contributed by atoms with E-state index in [1.807, 2.05) is 4.90 Å². The van der Waals surface area contributed by atoms with Gasteiger partial charge in [0.2, 0.25) is 5.91 Å². The number of benzene rings is 1. The number of ether oxygens (including phenoxy) is 2. The highest BCUT2D eigenvalue weighted by atomic mass is 35.5. The van der Waals surface area contributed by atoms with Gasteiger partial charge in [0.05, 0.1) is 6.10 Å². The van der Waals surface area contributed by atoms with Crippen molar-refractivity contribution in [2.75, 3.05) is 39.4 Å². The first-order chi connectivity index (χ1) is 12.6. The fraction of sp³-hybridized carbons (Fsp3) is 0.579. The minimum absolute atomic E-state index is 0.00536. The third kappa shape index (κ3) is 5.35. The van der Waals surface area contributed by atoms with Gasteiger partial charge in [0.25, 0.3) is 5.91 Å². The van der Waals surface area contributed by atoms with Crippen LogP contribution in [0.15, 0.2) is 24.3 Å². The molecule has 7 heteroatoms. The number of halogens is 1. The van der Waals surface area contributed by atoms with E-state index in [0.29, 0.717) is 43.4 Å². The summed E-state index contributed by atoms with van der Waals surface area (Å²) in [6.07, 6.45) is 3.72. The molecule has 2 saturated heterocycles. The first-order valence-corrected chi connectivity index (χ1v) is 9.55. The van der Waals surface area contributed by atoms with E-state index in [9.17, 15) is 9.59 Å². The molecule has 2 heterocycles. The van der Waals surface area contributed by atoms with Crippen LogP contribution in [0, 0.1) is 0 Å². The first-order valence-electron chi connectivity index (χ1n) is 9.17. The van der Waals surface area contributed by atoms with Crippen LogP contribution in [0.25, 0.3) is 0 Å². The highest BCUT2D eigenvalue weighted by molar-refractivity contribution is 6.30. The van der Waals surface area contributed by atoms with Crippen LogP contribution in [-0.2, 0) is 14.3 Å². The number of piperazine rings is 1. The zero-order chi connectivity index (χ0) is 18.4. The Labute approximate surface area is 159 Å². The SMILES string of the molecule is O=C(CCC1CCCO1)N1CCN(C(=O)COc2ccc(Cl)cc2)CC1. The molecule has 0 bridgehead atoms. The van der Waals surface area contributed by atoms with Gasteiger partial charge in [-0.3, -0.25) is 9.59 Å². The molecule has 0 aromatic heterocycles. The molecule has 6 nitrogen and oxygen atoms in total. The average molecular weight is 381 g/mol. The summed E-state index contributed by atoms with van der Waals surface area (Å²) in [4.78, 5) is 28.2. The summed E-state index contributed by atoms with van der Waals surface area (Å²) < 4.78 is 11.1. The van der Waals surface area contributed by atoms with E-state index < -0.39 is 0 Å². The number of hydrogen-bond donors (Lipinski definition) is 0. The van der Waals surface area contributed by atoms with Gasteiger partial charge in [-0.1, -0.05) is 11.6 Å². The molecular weight excluding hydrogens is 356 g/mol. The highest BCUT2D eigenvalue weighted by Crippen LogP contribution is 2.18. The fourth-order valence-electron chi connectivity index (χ4n) is 3.29. The van der Waals surface area contributed by atoms with Crippen molar-refractivity contribution in [1.29, 1.82) is 0 Å². The number of hydrogen-bond acceptors (Lipinski definition) is 4. The summed E-state index contributed by atoms with van der Waals surface area (Å²) >= 11 is 5.82. The summed E-state index contributed by atoms with van der Waals surface area (Å²) in [5.74, 6) is 0.710. The minimum Gasteiger partial charge on any atom is -0.484 e. The Morgan fingerprint density at radius 2 is 1.73 bits per heavy atom. The molecule has 0 N–H and O–H groups in total. The van der Waals surface area contributed by atoms with E-state index in [-0.39, 0.29) is 24.5 Å². The van der Waals surface area contributed by atoms with Gasteiger partial charge in [-0.2, -0.15) is 0 Å². The lowest BCUT2D eigenvalue weighted by atomic mass is 10.1. The lowest BCUT2D eigenvalue weighted by Crippen LogP contribution is -2.51. The number of amides is 2. The molecule has 0 aliphatic carbocycles. The zero-order valence-corrected chi connectivity index (χ0v) is 15.6. The topological polar surface area (TPSA) is 59.1 Å². The molecule has 1 atom stereocenters. The minimum atomic E-state index is -0.0635. The molecule has 26 heavy (non-hydrogen) atoms. The van der Waals surface area contributed by atoms with Crippen molar-refractivity contribution in [3.63, 3.8) is 0 Å². The van der Waals surface area contributed by atoms with Crippen LogP contribution in [0.5, 0.6) is 5.75 Å². The van der Waals surface area contributed by atoms with E-state index in [1.165, 1.54) is 0 Å². The summed E-state index contributed by atoms with van der Waals surface area (Å²) in [5.41, 5.74) is 0. The maximum Gasteiger partial charge on any atom is 0.260 e. The lowest BCUT2D eigenvalue weighted by Gasteiger charge is -2.35. The maximum atomic E-state index is 12.3. The van der Waals surface area contributed by atoms with Gasteiger partial charge in [0, 0.05) is 44.2 Å². The summed E-state index contributed by atoms with van der Waals surface area (Å²) in [5, 5.41) is 0.629. The predicted octanol–water partition coefficient (Wildman–Crippen LogP) is 2.35. The van der Waals surface area contributed by atoms with Crippen molar-refractivity contribution in [3.8, 4) is 5.75 Å². The third-order valence-electron chi connectivity index (χ3n) is 4.87. The van der Waals surface area contributed by atoms with Gasteiger partial charge in [0.15, 0.2) is 6.61 Å².